The molecule has 146 valence electrons. The molecule has 0 unspecified atom stereocenters. The van der Waals surface area contributed by atoms with Gasteiger partial charge in [0.05, 0.1) is 6.04 Å². The van der Waals surface area contributed by atoms with Gasteiger partial charge in [-0.1, -0.05) is 67.6 Å². The Morgan fingerprint density at radius 1 is 1.14 bits per heavy atom. The maximum absolute atomic E-state index is 12.2. The molecule has 1 atom stereocenters. The number of benzene rings is 2. The zero-order chi connectivity index (χ0) is 19.8. The third-order valence-electron chi connectivity index (χ3n) is 4.07. The molecule has 1 amide bonds. The number of amides is 1. The summed E-state index contributed by atoms with van der Waals surface area (Å²) in [6.45, 7) is 1.76. The van der Waals surface area contributed by atoms with E-state index in [9.17, 15) is 9.59 Å². The van der Waals surface area contributed by atoms with Crippen LogP contribution in [0.25, 0.3) is 11.1 Å². The Morgan fingerprint density at radius 3 is 2.64 bits per heavy atom. The van der Waals surface area contributed by atoms with Gasteiger partial charge in [-0.25, -0.2) is 4.98 Å². The second-order valence-corrected chi connectivity index (χ2v) is 7.14. The minimum Gasteiger partial charge on any atom is -0.455 e. The lowest BCUT2D eigenvalue weighted by molar-refractivity contribution is -0.146. The number of nitrogens with one attached hydrogen (secondary N) is 1. The third kappa shape index (κ3) is 5.60. The highest BCUT2D eigenvalue weighted by Gasteiger charge is 2.16. The molecule has 3 rings (SSSR count). The van der Waals surface area contributed by atoms with E-state index in [1.54, 1.807) is 0 Å². The Morgan fingerprint density at radius 2 is 1.89 bits per heavy atom. The van der Waals surface area contributed by atoms with E-state index in [0.717, 1.165) is 35.7 Å². The largest absolute Gasteiger partial charge is 0.455 e. The van der Waals surface area contributed by atoms with Crippen LogP contribution in [0, 0.1) is 0 Å². The van der Waals surface area contributed by atoms with Crippen LogP contribution in [0.5, 0.6) is 0 Å². The number of esters is 1. The van der Waals surface area contributed by atoms with E-state index in [0.29, 0.717) is 10.8 Å². The smallest absolute Gasteiger partial charge is 0.316 e. The summed E-state index contributed by atoms with van der Waals surface area (Å²) >= 11 is 1.14. The van der Waals surface area contributed by atoms with Crippen molar-refractivity contribution in [1.29, 1.82) is 0 Å². The Kier molecular flexibility index (Phi) is 7.08. The summed E-state index contributed by atoms with van der Waals surface area (Å²) < 4.78 is 10.6. The van der Waals surface area contributed by atoms with Crippen LogP contribution in [-0.4, -0.2) is 29.2 Å². The predicted octanol–water partition coefficient (Wildman–Crippen LogP) is 4.12. The van der Waals surface area contributed by atoms with Crippen molar-refractivity contribution in [2.75, 3.05) is 12.4 Å². The van der Waals surface area contributed by atoms with Crippen molar-refractivity contribution in [3.63, 3.8) is 0 Å². The van der Waals surface area contributed by atoms with Crippen molar-refractivity contribution in [2.45, 2.75) is 31.0 Å². The molecule has 0 spiro atoms. The molecule has 0 saturated carbocycles. The topological polar surface area (TPSA) is 81.4 Å². The minimum atomic E-state index is -0.492. The van der Waals surface area contributed by atoms with Gasteiger partial charge in [-0.3, -0.25) is 9.59 Å². The maximum atomic E-state index is 12.2. The number of oxazole rings is 1. The Hall–Kier alpha value is -2.80. The first-order valence-electron chi connectivity index (χ1n) is 9.14. The summed E-state index contributed by atoms with van der Waals surface area (Å²) in [4.78, 5) is 28.4. The second kappa shape index (κ2) is 9.94. The van der Waals surface area contributed by atoms with Crippen molar-refractivity contribution >= 4 is 34.7 Å². The monoisotopic (exact) mass is 398 g/mol. The first kappa shape index (κ1) is 19.9. The van der Waals surface area contributed by atoms with Crippen LogP contribution in [0.15, 0.2) is 64.2 Å². The van der Waals surface area contributed by atoms with Gasteiger partial charge in [0.15, 0.2) is 12.2 Å². The molecule has 3 aromatic rings. The quantitative estimate of drug-likeness (QED) is 0.431. The van der Waals surface area contributed by atoms with Gasteiger partial charge in [0, 0.05) is 0 Å². The Bertz CT molecular complexity index is 893. The molecule has 1 heterocycles. The molecule has 1 aromatic heterocycles. The summed E-state index contributed by atoms with van der Waals surface area (Å²) in [5.74, 6) is -0.784. The lowest BCUT2D eigenvalue weighted by Crippen LogP contribution is -2.32. The standard InChI is InChI=1S/C21H22N2O4S/c1-2-8-16(15-9-4-3-5-10-15)22-19(24)13-26-20(25)14-28-21-23-17-11-6-7-12-18(17)27-21/h3-7,9-12,16H,2,8,13-14H2,1H3,(H,22,24)/t16-/m0/s1. The number of para-hydroxylation sites is 2. The van der Waals surface area contributed by atoms with Gasteiger partial charge in [0.1, 0.15) is 11.3 Å². The molecular formula is C21H22N2O4S. The van der Waals surface area contributed by atoms with E-state index in [1.807, 2.05) is 54.6 Å². The number of thioether (sulfide) groups is 1. The average Bonchev–Trinajstić information content (AvgIpc) is 3.14. The highest BCUT2D eigenvalue weighted by Crippen LogP contribution is 2.23. The molecule has 0 aliphatic carbocycles. The molecule has 0 aliphatic rings. The molecule has 0 radical (unpaired) electrons. The van der Waals surface area contributed by atoms with E-state index < -0.39 is 5.97 Å². The van der Waals surface area contributed by atoms with E-state index in [4.69, 9.17) is 9.15 Å². The molecule has 0 aliphatic heterocycles. The number of rotatable bonds is 9. The lowest BCUT2D eigenvalue weighted by Gasteiger charge is -2.18. The van der Waals surface area contributed by atoms with E-state index in [-0.39, 0.29) is 24.3 Å². The van der Waals surface area contributed by atoms with Gasteiger partial charge in [0.2, 0.25) is 0 Å². The van der Waals surface area contributed by atoms with Crippen LogP contribution >= 0.6 is 11.8 Å². The normalized spacial score (nSPS) is 11.9. The molecule has 0 bridgehead atoms. The van der Waals surface area contributed by atoms with Crippen LogP contribution in [0.3, 0.4) is 0 Å². The van der Waals surface area contributed by atoms with Gasteiger partial charge in [-0.2, -0.15) is 0 Å². The van der Waals surface area contributed by atoms with E-state index in [2.05, 4.69) is 17.2 Å². The van der Waals surface area contributed by atoms with Gasteiger partial charge in [0.25, 0.3) is 11.1 Å². The van der Waals surface area contributed by atoms with Gasteiger partial charge >= 0.3 is 5.97 Å². The van der Waals surface area contributed by atoms with Gasteiger partial charge in [-0.15, -0.1) is 0 Å². The predicted molar refractivity (Wildman–Crippen MR) is 108 cm³/mol. The number of hydrogen-bond acceptors (Lipinski definition) is 6. The van der Waals surface area contributed by atoms with Crippen molar-refractivity contribution in [1.82, 2.24) is 10.3 Å². The fraction of sp³-hybridized carbons (Fsp3) is 0.286. The number of carbonyl (C=O) groups is 2. The van der Waals surface area contributed by atoms with E-state index in [1.165, 1.54) is 0 Å². The number of fused-ring (bicyclic) bond motifs is 1. The number of carbonyl (C=O) groups excluding carboxylic acids is 2. The third-order valence-corrected chi connectivity index (χ3v) is 4.87. The fourth-order valence-corrected chi connectivity index (χ4v) is 3.39. The fourth-order valence-electron chi connectivity index (χ4n) is 2.75. The van der Waals surface area contributed by atoms with Crippen LogP contribution < -0.4 is 5.32 Å². The lowest BCUT2D eigenvalue weighted by atomic mass is 10.0. The molecule has 2 aromatic carbocycles. The van der Waals surface area contributed by atoms with Gasteiger partial charge in [-0.05, 0) is 24.1 Å². The zero-order valence-corrected chi connectivity index (χ0v) is 16.4. The summed E-state index contributed by atoms with van der Waals surface area (Å²) in [6.07, 6.45) is 1.75. The van der Waals surface area contributed by atoms with Crippen molar-refractivity contribution in [3.8, 4) is 0 Å². The molecule has 28 heavy (non-hydrogen) atoms. The SMILES string of the molecule is CCC[C@H](NC(=O)COC(=O)CSc1nc2ccccc2o1)c1ccccc1. The highest BCUT2D eigenvalue weighted by atomic mass is 32.2. The first-order valence-corrected chi connectivity index (χ1v) is 10.1. The molecule has 0 saturated heterocycles. The van der Waals surface area contributed by atoms with Crippen molar-refractivity contribution in [2.24, 2.45) is 0 Å². The summed E-state index contributed by atoms with van der Waals surface area (Å²) in [5.41, 5.74) is 2.44. The maximum Gasteiger partial charge on any atom is 0.316 e. The van der Waals surface area contributed by atoms with Crippen molar-refractivity contribution < 1.29 is 18.7 Å². The molecule has 0 fully saturated rings. The second-order valence-electron chi connectivity index (χ2n) is 6.22. The Balaban J connectivity index is 1.44. The molecule has 1 N–H and O–H groups in total. The zero-order valence-electron chi connectivity index (χ0n) is 15.6. The van der Waals surface area contributed by atoms with E-state index >= 15 is 0 Å². The summed E-state index contributed by atoms with van der Waals surface area (Å²) in [5, 5.41) is 3.33. The molecular weight excluding hydrogens is 376 g/mol. The summed E-state index contributed by atoms with van der Waals surface area (Å²) in [6, 6.07) is 17.0. The number of hydrogen-bond donors (Lipinski definition) is 1. The van der Waals surface area contributed by atoms with Gasteiger partial charge < -0.3 is 14.5 Å². The number of aromatic nitrogens is 1. The van der Waals surface area contributed by atoms with Crippen LogP contribution in [0.2, 0.25) is 0 Å². The number of ether oxygens (including phenoxy) is 1. The first-order chi connectivity index (χ1) is 13.7. The number of nitrogens with zero attached hydrogens (tertiary/aromatic N) is 1. The molecule has 7 heteroatoms. The Labute approximate surface area is 167 Å². The molecule has 6 nitrogen and oxygen atoms in total. The average molecular weight is 398 g/mol. The summed E-state index contributed by atoms with van der Waals surface area (Å²) in [7, 11) is 0. The van der Waals surface area contributed by atoms with Crippen LogP contribution in [0.1, 0.15) is 31.4 Å². The minimum absolute atomic E-state index is 0.0250. The highest BCUT2D eigenvalue weighted by molar-refractivity contribution is 7.99. The van der Waals surface area contributed by atoms with Crippen LogP contribution in [0.4, 0.5) is 0 Å². The van der Waals surface area contributed by atoms with Crippen molar-refractivity contribution in [3.05, 3.63) is 60.2 Å². The van der Waals surface area contributed by atoms with Crippen LogP contribution in [-0.2, 0) is 14.3 Å².